The van der Waals surface area contributed by atoms with Crippen LogP contribution in [0.5, 0.6) is 17.2 Å². The number of hydrogen-bond acceptors (Lipinski definition) is 9. The Morgan fingerprint density at radius 1 is 0.947 bits per heavy atom. The van der Waals surface area contributed by atoms with Gasteiger partial charge in [-0.3, -0.25) is 14.9 Å². The van der Waals surface area contributed by atoms with Crippen molar-refractivity contribution in [3.05, 3.63) is 48.5 Å². The zero-order chi connectivity index (χ0) is 28.1. The molecule has 0 aliphatic carbocycles. The van der Waals surface area contributed by atoms with Gasteiger partial charge in [0.05, 0.1) is 22.8 Å². The van der Waals surface area contributed by atoms with E-state index in [1.807, 2.05) is 0 Å². The lowest BCUT2D eigenvalue weighted by Crippen LogP contribution is -2.51. The molecule has 1 heterocycles. The molecule has 0 spiro atoms. The van der Waals surface area contributed by atoms with E-state index in [2.05, 4.69) is 4.74 Å². The van der Waals surface area contributed by atoms with Crippen LogP contribution in [0.2, 0.25) is 0 Å². The number of halogens is 3. The highest BCUT2D eigenvalue weighted by molar-refractivity contribution is 7.91. The second-order valence-corrected chi connectivity index (χ2v) is 12.5. The van der Waals surface area contributed by atoms with Crippen LogP contribution in [0.3, 0.4) is 0 Å². The molecule has 2 aromatic carbocycles. The van der Waals surface area contributed by atoms with Crippen LogP contribution in [0.4, 0.5) is 13.2 Å². The molecule has 0 saturated carbocycles. The lowest BCUT2D eigenvalue weighted by Gasteiger charge is -2.34. The number of sulfone groups is 1. The Kier molecular flexibility index (Phi) is 9.25. The van der Waals surface area contributed by atoms with Crippen LogP contribution < -0.4 is 15.0 Å². The average Bonchev–Trinajstić information content (AvgIpc) is 2.83. The first kappa shape index (κ1) is 29.6. The van der Waals surface area contributed by atoms with E-state index in [4.69, 9.17) is 9.94 Å². The second kappa shape index (κ2) is 11.9. The summed E-state index contributed by atoms with van der Waals surface area (Å²) in [5.41, 5.74) is 1.49. The minimum Gasteiger partial charge on any atom is -0.457 e. The number of carbonyl (C=O) groups is 1. The molecule has 1 saturated heterocycles. The Balaban J connectivity index is 1.63. The highest BCUT2D eigenvalue weighted by atomic mass is 32.2. The third-order valence-electron chi connectivity index (χ3n) is 5.66. The Bertz CT molecular complexity index is 1310. The molecule has 0 bridgehead atoms. The molecule has 11 nitrogen and oxygen atoms in total. The number of hydrogen-bond donors (Lipinski definition) is 2. The molecule has 0 aromatic heterocycles. The topological polar surface area (TPSA) is 143 Å². The molecule has 3 rings (SSSR count). The van der Waals surface area contributed by atoms with Crippen molar-refractivity contribution in [2.24, 2.45) is 5.92 Å². The van der Waals surface area contributed by atoms with Gasteiger partial charge in [0.2, 0.25) is 15.9 Å². The predicted molar refractivity (Wildman–Crippen MR) is 128 cm³/mol. The van der Waals surface area contributed by atoms with E-state index in [0.29, 0.717) is 0 Å². The van der Waals surface area contributed by atoms with Gasteiger partial charge in [-0.1, -0.05) is 0 Å². The molecule has 1 aliphatic rings. The summed E-state index contributed by atoms with van der Waals surface area (Å²) in [6.07, 6.45) is -3.73. The number of amides is 1. The SMILES string of the molecule is CS(=O)(=O)N1CCN(CC(CS(=O)(=O)c2ccc(Oc3ccc(OC(F)(F)F)cc3)cc2)C(=O)NO)CC1. The number of rotatable bonds is 10. The molecule has 210 valence electrons. The molecule has 16 heteroatoms. The third kappa shape index (κ3) is 8.56. The lowest BCUT2D eigenvalue weighted by molar-refractivity contribution is -0.274. The first-order valence-corrected chi connectivity index (χ1v) is 14.6. The average molecular weight is 582 g/mol. The smallest absolute Gasteiger partial charge is 0.457 e. The molecule has 1 unspecified atom stereocenters. The van der Waals surface area contributed by atoms with Crippen molar-refractivity contribution in [1.29, 1.82) is 0 Å². The van der Waals surface area contributed by atoms with Gasteiger partial charge in [0.15, 0.2) is 9.84 Å². The summed E-state index contributed by atoms with van der Waals surface area (Å²) in [7, 11) is -7.36. The van der Waals surface area contributed by atoms with Gasteiger partial charge in [-0.15, -0.1) is 13.2 Å². The van der Waals surface area contributed by atoms with Gasteiger partial charge >= 0.3 is 6.36 Å². The fraction of sp³-hybridized carbons (Fsp3) is 0.409. The van der Waals surface area contributed by atoms with Gasteiger partial charge in [-0.25, -0.2) is 22.3 Å². The second-order valence-electron chi connectivity index (χ2n) is 8.51. The van der Waals surface area contributed by atoms with E-state index >= 15 is 0 Å². The molecule has 1 amide bonds. The fourth-order valence-corrected chi connectivity index (χ4v) is 6.14. The van der Waals surface area contributed by atoms with Crippen LogP contribution in [0.15, 0.2) is 53.4 Å². The Morgan fingerprint density at radius 3 is 1.92 bits per heavy atom. The maximum absolute atomic E-state index is 13.0. The zero-order valence-corrected chi connectivity index (χ0v) is 21.7. The zero-order valence-electron chi connectivity index (χ0n) is 20.1. The molecule has 1 aliphatic heterocycles. The van der Waals surface area contributed by atoms with Crippen LogP contribution in [-0.4, -0.2) is 88.2 Å². The van der Waals surface area contributed by atoms with Crippen LogP contribution in [0.1, 0.15) is 0 Å². The Hall–Kier alpha value is -2.92. The molecule has 2 N–H and O–H groups in total. The molecule has 1 fully saturated rings. The Morgan fingerprint density at radius 2 is 1.45 bits per heavy atom. The van der Waals surface area contributed by atoms with Gasteiger partial charge in [0, 0.05) is 32.7 Å². The van der Waals surface area contributed by atoms with Crippen molar-refractivity contribution < 1.29 is 49.5 Å². The van der Waals surface area contributed by atoms with Crippen molar-refractivity contribution in [3.63, 3.8) is 0 Å². The van der Waals surface area contributed by atoms with Crippen LogP contribution in [-0.2, 0) is 24.7 Å². The van der Waals surface area contributed by atoms with E-state index in [9.17, 15) is 34.8 Å². The van der Waals surface area contributed by atoms with Gasteiger partial charge in [0.1, 0.15) is 17.2 Å². The summed E-state index contributed by atoms with van der Waals surface area (Å²) in [5, 5.41) is 9.12. The fourth-order valence-electron chi connectivity index (χ4n) is 3.78. The first-order valence-electron chi connectivity index (χ1n) is 11.1. The quantitative estimate of drug-likeness (QED) is 0.318. The highest BCUT2D eigenvalue weighted by Gasteiger charge is 2.32. The van der Waals surface area contributed by atoms with E-state index in [-0.39, 0.29) is 49.1 Å². The summed E-state index contributed by atoms with van der Waals surface area (Å²) < 4.78 is 96.8. The van der Waals surface area contributed by atoms with E-state index < -0.39 is 49.6 Å². The highest BCUT2D eigenvalue weighted by Crippen LogP contribution is 2.28. The van der Waals surface area contributed by atoms with Crippen molar-refractivity contribution in [2.45, 2.75) is 11.3 Å². The van der Waals surface area contributed by atoms with Crippen molar-refractivity contribution >= 4 is 25.8 Å². The summed E-state index contributed by atoms with van der Waals surface area (Å²) in [6, 6.07) is 9.83. The van der Waals surface area contributed by atoms with Gasteiger partial charge in [-0.2, -0.15) is 4.31 Å². The lowest BCUT2D eigenvalue weighted by atomic mass is 10.1. The van der Waals surface area contributed by atoms with Crippen LogP contribution in [0.25, 0.3) is 0 Å². The summed E-state index contributed by atoms with van der Waals surface area (Å²) in [4.78, 5) is 13.9. The number of hydroxylamine groups is 1. The largest absolute Gasteiger partial charge is 0.573 e. The van der Waals surface area contributed by atoms with Crippen LogP contribution in [0, 0.1) is 5.92 Å². The van der Waals surface area contributed by atoms with Crippen LogP contribution >= 0.6 is 0 Å². The van der Waals surface area contributed by atoms with Gasteiger partial charge < -0.3 is 9.47 Å². The minimum absolute atomic E-state index is 0.0154. The van der Waals surface area contributed by atoms with Crippen molar-refractivity contribution in [1.82, 2.24) is 14.7 Å². The van der Waals surface area contributed by atoms with E-state index in [1.54, 1.807) is 4.90 Å². The van der Waals surface area contributed by atoms with E-state index in [1.165, 1.54) is 46.2 Å². The third-order valence-corrected chi connectivity index (χ3v) is 8.79. The number of piperazine rings is 1. The Labute approximate surface area is 217 Å². The van der Waals surface area contributed by atoms with Crippen molar-refractivity contribution in [3.8, 4) is 17.2 Å². The summed E-state index contributed by atoms with van der Waals surface area (Å²) in [6.45, 7) is 0.949. The number of benzene rings is 2. The molecule has 1 atom stereocenters. The maximum atomic E-state index is 13.0. The molecule has 38 heavy (non-hydrogen) atoms. The summed E-state index contributed by atoms with van der Waals surface area (Å²) in [5.74, 6) is -2.68. The monoisotopic (exact) mass is 581 g/mol. The first-order chi connectivity index (χ1) is 17.7. The number of nitrogens with zero attached hydrogens (tertiary/aromatic N) is 2. The predicted octanol–water partition coefficient (Wildman–Crippen LogP) is 1.85. The number of alkyl halides is 3. The molecular weight excluding hydrogens is 555 g/mol. The number of sulfonamides is 1. The van der Waals surface area contributed by atoms with Gasteiger partial charge in [0.25, 0.3) is 0 Å². The molecule has 0 radical (unpaired) electrons. The normalized spacial score (nSPS) is 16.6. The van der Waals surface area contributed by atoms with E-state index in [0.717, 1.165) is 18.4 Å². The minimum atomic E-state index is -4.83. The number of carbonyl (C=O) groups excluding carboxylic acids is 1. The number of nitrogens with one attached hydrogen (secondary N) is 1. The maximum Gasteiger partial charge on any atom is 0.573 e. The van der Waals surface area contributed by atoms with Gasteiger partial charge in [-0.05, 0) is 48.5 Å². The number of ether oxygens (including phenoxy) is 2. The molecular formula is C22H26F3N3O8S2. The molecule has 2 aromatic rings. The summed E-state index contributed by atoms with van der Waals surface area (Å²) >= 11 is 0. The van der Waals surface area contributed by atoms with Crippen molar-refractivity contribution in [2.75, 3.05) is 44.7 Å². The standard InChI is InChI=1S/C22H26F3N3O8S2/c1-37(31,32)28-12-10-27(11-13-28)14-16(21(29)26-30)15-38(33,34)20-8-6-18(7-9-20)35-17-2-4-19(5-3-17)36-22(23,24)25/h2-9,16,30H,10-15H2,1H3,(H,26,29).